The Labute approximate surface area is 97.3 Å². The third kappa shape index (κ3) is 2.31. The van der Waals surface area contributed by atoms with Gasteiger partial charge in [-0.05, 0) is 35.3 Å². The van der Waals surface area contributed by atoms with E-state index in [4.69, 9.17) is 0 Å². The van der Waals surface area contributed by atoms with Crippen LogP contribution >= 0.6 is 15.9 Å². The molecule has 0 saturated carbocycles. The van der Waals surface area contributed by atoms with Crippen LogP contribution in [0.2, 0.25) is 0 Å². The van der Waals surface area contributed by atoms with Crippen LogP contribution < -0.4 is 0 Å². The van der Waals surface area contributed by atoms with Crippen molar-refractivity contribution in [1.29, 1.82) is 0 Å². The fraction of sp³-hybridized carbons (Fsp3) is 0.364. The molecule has 4 heteroatoms. The fourth-order valence-electron chi connectivity index (χ4n) is 1.62. The van der Waals surface area contributed by atoms with Crippen molar-refractivity contribution in [1.82, 2.24) is 9.88 Å². The number of hydrogen-bond donors (Lipinski definition) is 1. The molecule has 1 aromatic rings. The van der Waals surface area contributed by atoms with Crippen LogP contribution in [0.4, 0.5) is 0 Å². The van der Waals surface area contributed by atoms with Gasteiger partial charge in [0.2, 0.25) is 0 Å². The number of amides is 1. The van der Waals surface area contributed by atoms with Gasteiger partial charge in [-0.25, -0.2) is 0 Å². The summed E-state index contributed by atoms with van der Waals surface area (Å²) in [7, 11) is 0. The average molecular weight is 269 g/mol. The molecule has 0 fully saturated rings. The maximum atomic E-state index is 12.0. The molecule has 3 nitrogen and oxygen atoms in total. The summed E-state index contributed by atoms with van der Waals surface area (Å²) in [5, 5.41) is 0. The number of aromatic amines is 1. The lowest BCUT2D eigenvalue weighted by Crippen LogP contribution is -2.34. The van der Waals surface area contributed by atoms with Gasteiger partial charge < -0.3 is 9.88 Å². The first-order chi connectivity index (χ1) is 7.16. The zero-order valence-corrected chi connectivity index (χ0v) is 10.2. The Kier molecular flexibility index (Phi) is 2.95. The lowest BCUT2D eigenvalue weighted by atomic mass is 10.1. The Bertz CT molecular complexity index is 408. The maximum absolute atomic E-state index is 12.0. The van der Waals surface area contributed by atoms with Crippen LogP contribution in [0.3, 0.4) is 0 Å². The van der Waals surface area contributed by atoms with E-state index < -0.39 is 0 Å². The third-order valence-corrected chi connectivity index (χ3v) is 3.06. The molecular weight excluding hydrogens is 256 g/mol. The lowest BCUT2D eigenvalue weighted by Gasteiger charge is -2.24. The van der Waals surface area contributed by atoms with Crippen LogP contribution in [-0.4, -0.2) is 28.9 Å². The van der Waals surface area contributed by atoms with Crippen LogP contribution in [0, 0.1) is 0 Å². The van der Waals surface area contributed by atoms with Crippen molar-refractivity contribution in [2.45, 2.75) is 13.3 Å². The Morgan fingerprint density at radius 1 is 1.60 bits per heavy atom. The average Bonchev–Trinajstić information content (AvgIpc) is 2.65. The summed E-state index contributed by atoms with van der Waals surface area (Å²) >= 11 is 3.32. The van der Waals surface area contributed by atoms with Crippen LogP contribution in [0.5, 0.6) is 0 Å². The number of rotatable bonds is 1. The largest absolute Gasteiger partial charge is 0.356 e. The first-order valence-corrected chi connectivity index (χ1v) is 5.75. The minimum Gasteiger partial charge on any atom is -0.356 e. The number of H-pyrrole nitrogens is 1. The van der Waals surface area contributed by atoms with Crippen molar-refractivity contribution in [3.05, 3.63) is 34.1 Å². The van der Waals surface area contributed by atoms with Crippen LogP contribution in [0.15, 0.2) is 28.4 Å². The van der Waals surface area contributed by atoms with Crippen molar-refractivity contribution in [2.75, 3.05) is 13.1 Å². The Morgan fingerprint density at radius 3 is 2.93 bits per heavy atom. The number of carbonyl (C=O) groups excluding carboxylic acids is 1. The van der Waals surface area contributed by atoms with Crippen LogP contribution in [0.25, 0.3) is 0 Å². The minimum absolute atomic E-state index is 0.0736. The van der Waals surface area contributed by atoms with Crippen molar-refractivity contribution in [2.24, 2.45) is 0 Å². The highest BCUT2D eigenvalue weighted by Gasteiger charge is 2.18. The van der Waals surface area contributed by atoms with E-state index in [1.54, 1.807) is 6.20 Å². The second-order valence-electron chi connectivity index (χ2n) is 3.78. The van der Waals surface area contributed by atoms with Gasteiger partial charge in [0, 0.05) is 23.8 Å². The van der Waals surface area contributed by atoms with Gasteiger partial charge in [0.1, 0.15) is 5.69 Å². The number of carbonyl (C=O) groups is 1. The highest BCUT2D eigenvalue weighted by Crippen LogP contribution is 2.15. The van der Waals surface area contributed by atoms with Crippen molar-refractivity contribution < 1.29 is 4.79 Å². The van der Waals surface area contributed by atoms with Crippen molar-refractivity contribution >= 4 is 21.8 Å². The van der Waals surface area contributed by atoms with Crippen LogP contribution in [-0.2, 0) is 0 Å². The molecule has 0 unspecified atom stereocenters. The molecule has 1 aromatic heterocycles. The van der Waals surface area contributed by atoms with Gasteiger partial charge in [0.05, 0.1) is 0 Å². The van der Waals surface area contributed by atoms with E-state index in [1.807, 2.05) is 11.0 Å². The molecule has 15 heavy (non-hydrogen) atoms. The van der Waals surface area contributed by atoms with E-state index in [-0.39, 0.29) is 5.91 Å². The molecule has 80 valence electrons. The predicted molar refractivity (Wildman–Crippen MR) is 62.8 cm³/mol. The molecule has 1 amide bonds. The van der Waals surface area contributed by atoms with Gasteiger partial charge in [0.25, 0.3) is 5.91 Å². The smallest absolute Gasteiger partial charge is 0.270 e. The standard InChI is InChI=1S/C11H13BrN2O/c1-8-2-4-14(5-3-8)11(15)10-6-9(12)7-13-10/h2,6-7,13H,3-5H2,1H3. The number of nitrogens with zero attached hydrogens (tertiary/aromatic N) is 1. The van der Waals surface area contributed by atoms with E-state index in [9.17, 15) is 4.79 Å². The van der Waals surface area contributed by atoms with Crippen molar-refractivity contribution in [3.8, 4) is 0 Å². The number of nitrogens with one attached hydrogen (secondary N) is 1. The summed E-state index contributed by atoms with van der Waals surface area (Å²) in [6.07, 6.45) is 4.87. The van der Waals surface area contributed by atoms with E-state index >= 15 is 0 Å². The zero-order chi connectivity index (χ0) is 10.8. The molecular formula is C11H13BrN2O. The Balaban J connectivity index is 2.09. The second-order valence-corrected chi connectivity index (χ2v) is 4.70. The lowest BCUT2D eigenvalue weighted by molar-refractivity contribution is 0.0764. The quantitative estimate of drug-likeness (QED) is 0.781. The zero-order valence-electron chi connectivity index (χ0n) is 8.59. The molecule has 0 aromatic carbocycles. The maximum Gasteiger partial charge on any atom is 0.270 e. The summed E-state index contributed by atoms with van der Waals surface area (Å²) in [6, 6.07) is 1.81. The van der Waals surface area contributed by atoms with Gasteiger partial charge in [-0.1, -0.05) is 11.6 Å². The molecule has 2 rings (SSSR count). The van der Waals surface area contributed by atoms with Gasteiger partial charge >= 0.3 is 0 Å². The summed E-state index contributed by atoms with van der Waals surface area (Å²) in [4.78, 5) is 16.8. The van der Waals surface area contributed by atoms with E-state index in [2.05, 4.69) is 33.9 Å². The molecule has 0 spiro atoms. The highest BCUT2D eigenvalue weighted by atomic mass is 79.9. The van der Waals surface area contributed by atoms with Gasteiger partial charge in [-0.15, -0.1) is 0 Å². The molecule has 0 bridgehead atoms. The monoisotopic (exact) mass is 268 g/mol. The molecule has 0 saturated heterocycles. The predicted octanol–water partition coefficient (Wildman–Crippen LogP) is 2.57. The summed E-state index contributed by atoms with van der Waals surface area (Å²) in [5.74, 6) is 0.0736. The second kappa shape index (κ2) is 4.23. The van der Waals surface area contributed by atoms with E-state index in [0.29, 0.717) is 5.69 Å². The van der Waals surface area contributed by atoms with Crippen molar-refractivity contribution in [3.63, 3.8) is 0 Å². The van der Waals surface area contributed by atoms with E-state index in [0.717, 1.165) is 24.0 Å². The topological polar surface area (TPSA) is 36.1 Å². The minimum atomic E-state index is 0.0736. The first-order valence-electron chi connectivity index (χ1n) is 4.95. The molecule has 1 aliphatic rings. The highest BCUT2D eigenvalue weighted by molar-refractivity contribution is 9.10. The summed E-state index contributed by atoms with van der Waals surface area (Å²) < 4.78 is 0.912. The summed E-state index contributed by atoms with van der Waals surface area (Å²) in [5.41, 5.74) is 2.02. The third-order valence-electron chi connectivity index (χ3n) is 2.60. The molecule has 0 radical (unpaired) electrons. The number of halogens is 1. The van der Waals surface area contributed by atoms with Gasteiger partial charge in [-0.3, -0.25) is 4.79 Å². The van der Waals surface area contributed by atoms with Gasteiger partial charge in [0.15, 0.2) is 0 Å². The van der Waals surface area contributed by atoms with E-state index in [1.165, 1.54) is 5.57 Å². The SMILES string of the molecule is CC1=CCN(C(=O)c2cc(Br)c[nH]2)CC1. The first kappa shape index (κ1) is 10.5. The molecule has 2 heterocycles. The number of hydrogen-bond acceptors (Lipinski definition) is 1. The fourth-order valence-corrected chi connectivity index (χ4v) is 1.96. The molecule has 0 aliphatic carbocycles. The number of aromatic nitrogens is 1. The Morgan fingerprint density at radius 2 is 2.40 bits per heavy atom. The summed E-state index contributed by atoms with van der Waals surface area (Å²) in [6.45, 7) is 3.64. The molecule has 1 aliphatic heterocycles. The molecule has 1 N–H and O–H groups in total. The van der Waals surface area contributed by atoms with Crippen LogP contribution in [0.1, 0.15) is 23.8 Å². The Hall–Kier alpha value is -1.03. The van der Waals surface area contributed by atoms with Gasteiger partial charge in [-0.2, -0.15) is 0 Å². The molecule has 0 atom stereocenters. The normalized spacial score (nSPS) is 16.4.